The van der Waals surface area contributed by atoms with Gasteiger partial charge in [-0.25, -0.2) is 4.90 Å². The van der Waals surface area contributed by atoms with Gasteiger partial charge in [-0.3, -0.25) is 15.1 Å². The normalized spacial score (nSPS) is 14.2. The molecule has 1 amide bonds. The number of nitrogens with one attached hydrogen (secondary N) is 1. The molecule has 130 valence electrons. The first kappa shape index (κ1) is 16.9. The zero-order valence-corrected chi connectivity index (χ0v) is 14.7. The number of amides is 1. The van der Waals surface area contributed by atoms with Crippen LogP contribution in [-0.4, -0.2) is 54.6 Å². The van der Waals surface area contributed by atoms with Crippen LogP contribution < -0.4 is 19.4 Å². The summed E-state index contributed by atoms with van der Waals surface area (Å²) in [6.07, 6.45) is 0. The summed E-state index contributed by atoms with van der Waals surface area (Å²) in [5.41, 5.74) is 0.552. The summed E-state index contributed by atoms with van der Waals surface area (Å²) < 4.78 is 5.09. The summed E-state index contributed by atoms with van der Waals surface area (Å²) >= 11 is 5.88. The molecule has 1 N–H and O–H groups in total. The van der Waals surface area contributed by atoms with Crippen LogP contribution in [0.15, 0.2) is 24.3 Å². The highest BCUT2D eigenvalue weighted by Crippen LogP contribution is 2.26. The Bertz CT molecular complexity index is 825. The number of aromatic nitrogens is 3. The summed E-state index contributed by atoms with van der Waals surface area (Å²) in [7, 11) is 5.00. The van der Waals surface area contributed by atoms with Gasteiger partial charge in [-0.05, 0) is 24.3 Å². The average molecular weight is 362 g/mol. The topological polar surface area (TPSA) is 98.5 Å². The Balaban J connectivity index is 1.97. The van der Waals surface area contributed by atoms with Crippen LogP contribution in [-0.2, 0) is 4.79 Å². The first-order valence-electron chi connectivity index (χ1n) is 7.32. The van der Waals surface area contributed by atoms with Crippen LogP contribution in [0, 0.1) is 5.41 Å². The maximum Gasteiger partial charge on any atom is 0.322 e. The van der Waals surface area contributed by atoms with Crippen LogP contribution in [0.25, 0.3) is 0 Å². The summed E-state index contributed by atoms with van der Waals surface area (Å²) in [5.74, 6) is 0.223. The van der Waals surface area contributed by atoms with E-state index in [-0.39, 0.29) is 30.4 Å². The standard InChI is InChI=1S/C15H16ClN7O2/c1-21(2)13-18-14(20-15(19-13)25-3)22-8-11(24)23(12(22)17)10-6-4-9(16)5-7-10/h4-7,17H,8H2,1-3H3. The number of rotatable bonds is 4. The quantitative estimate of drug-likeness (QED) is 0.878. The second-order valence-corrected chi connectivity index (χ2v) is 5.87. The Morgan fingerprint density at radius 2 is 1.88 bits per heavy atom. The lowest BCUT2D eigenvalue weighted by Gasteiger charge is -2.20. The fourth-order valence-corrected chi connectivity index (χ4v) is 2.42. The van der Waals surface area contributed by atoms with Gasteiger partial charge in [0, 0.05) is 19.1 Å². The molecule has 9 nitrogen and oxygen atoms in total. The summed E-state index contributed by atoms with van der Waals surface area (Å²) in [6.45, 7) is -0.0541. The maximum absolute atomic E-state index is 12.4. The van der Waals surface area contributed by atoms with Crippen molar-refractivity contribution in [2.75, 3.05) is 42.4 Å². The zero-order chi connectivity index (χ0) is 18.1. The van der Waals surface area contributed by atoms with Crippen molar-refractivity contribution in [3.8, 4) is 6.01 Å². The van der Waals surface area contributed by atoms with Crippen molar-refractivity contribution in [2.24, 2.45) is 0 Å². The molecule has 2 heterocycles. The van der Waals surface area contributed by atoms with E-state index in [2.05, 4.69) is 15.0 Å². The number of methoxy groups -OCH3 is 1. The minimum Gasteiger partial charge on any atom is -0.467 e. The number of nitrogens with zero attached hydrogens (tertiary/aromatic N) is 6. The molecule has 3 rings (SSSR count). The van der Waals surface area contributed by atoms with Crippen LogP contribution >= 0.6 is 11.6 Å². The molecular weight excluding hydrogens is 346 g/mol. The number of carbonyl (C=O) groups is 1. The van der Waals surface area contributed by atoms with Crippen molar-refractivity contribution in [1.29, 1.82) is 5.41 Å². The largest absolute Gasteiger partial charge is 0.467 e. The van der Waals surface area contributed by atoms with Gasteiger partial charge in [0.2, 0.25) is 17.9 Å². The predicted molar refractivity (Wildman–Crippen MR) is 94.7 cm³/mol. The fourth-order valence-electron chi connectivity index (χ4n) is 2.29. The van der Waals surface area contributed by atoms with Crippen molar-refractivity contribution in [3.05, 3.63) is 29.3 Å². The molecule has 0 unspecified atom stereocenters. The first-order chi connectivity index (χ1) is 11.9. The van der Waals surface area contributed by atoms with Gasteiger partial charge >= 0.3 is 6.01 Å². The van der Waals surface area contributed by atoms with Gasteiger partial charge in [0.05, 0.1) is 12.8 Å². The van der Waals surface area contributed by atoms with E-state index in [9.17, 15) is 4.79 Å². The lowest BCUT2D eigenvalue weighted by molar-refractivity contribution is -0.115. The molecule has 0 spiro atoms. The molecule has 0 atom stereocenters. The maximum atomic E-state index is 12.4. The van der Waals surface area contributed by atoms with Gasteiger partial charge in [-0.2, -0.15) is 15.0 Å². The second-order valence-electron chi connectivity index (χ2n) is 5.43. The van der Waals surface area contributed by atoms with Crippen LogP contribution in [0.2, 0.25) is 5.02 Å². The fraction of sp³-hybridized carbons (Fsp3) is 0.267. The molecule has 1 saturated heterocycles. The molecule has 1 aromatic carbocycles. The molecule has 1 aliphatic rings. The van der Waals surface area contributed by atoms with Crippen molar-refractivity contribution in [1.82, 2.24) is 15.0 Å². The van der Waals surface area contributed by atoms with E-state index >= 15 is 0 Å². The Hall–Kier alpha value is -2.94. The van der Waals surface area contributed by atoms with Crippen molar-refractivity contribution in [2.45, 2.75) is 0 Å². The Morgan fingerprint density at radius 3 is 2.48 bits per heavy atom. The van der Waals surface area contributed by atoms with E-state index in [1.165, 1.54) is 16.9 Å². The minimum atomic E-state index is -0.266. The van der Waals surface area contributed by atoms with Gasteiger partial charge in [0.15, 0.2) is 0 Å². The van der Waals surface area contributed by atoms with E-state index in [0.29, 0.717) is 16.7 Å². The minimum absolute atomic E-state index is 0.0507. The third-order valence-electron chi connectivity index (χ3n) is 3.51. The SMILES string of the molecule is COc1nc(N(C)C)nc(N2CC(=O)N(c3ccc(Cl)cc3)C2=N)n1. The molecule has 0 radical (unpaired) electrons. The molecule has 0 saturated carbocycles. The van der Waals surface area contributed by atoms with Crippen molar-refractivity contribution in [3.63, 3.8) is 0 Å². The summed E-state index contributed by atoms with van der Waals surface area (Å²) in [5, 5.41) is 8.92. The number of hydrogen-bond donors (Lipinski definition) is 1. The van der Waals surface area contributed by atoms with Gasteiger partial charge in [-0.15, -0.1) is 0 Å². The second kappa shape index (κ2) is 6.52. The number of anilines is 3. The zero-order valence-electron chi connectivity index (χ0n) is 13.9. The summed E-state index contributed by atoms with van der Waals surface area (Å²) in [4.78, 5) is 29.4. The van der Waals surface area contributed by atoms with Crippen molar-refractivity contribution < 1.29 is 9.53 Å². The lowest BCUT2D eigenvalue weighted by Crippen LogP contribution is -2.34. The molecule has 1 aliphatic heterocycles. The van der Waals surface area contributed by atoms with Crippen LogP contribution in [0.5, 0.6) is 6.01 Å². The molecule has 25 heavy (non-hydrogen) atoms. The van der Waals surface area contributed by atoms with E-state index in [1.54, 1.807) is 43.3 Å². The first-order valence-corrected chi connectivity index (χ1v) is 7.70. The van der Waals surface area contributed by atoms with Gasteiger partial charge in [0.1, 0.15) is 6.54 Å². The monoisotopic (exact) mass is 361 g/mol. The van der Waals surface area contributed by atoms with Crippen LogP contribution in [0.3, 0.4) is 0 Å². The number of benzene rings is 1. The average Bonchev–Trinajstić information content (AvgIpc) is 2.90. The van der Waals surface area contributed by atoms with Crippen LogP contribution in [0.4, 0.5) is 17.6 Å². The number of halogens is 1. The van der Waals surface area contributed by atoms with E-state index in [4.69, 9.17) is 21.7 Å². The lowest BCUT2D eigenvalue weighted by atomic mass is 10.3. The van der Waals surface area contributed by atoms with E-state index < -0.39 is 0 Å². The molecule has 1 fully saturated rings. The number of hydrogen-bond acceptors (Lipinski definition) is 7. The molecule has 0 bridgehead atoms. The Morgan fingerprint density at radius 1 is 1.20 bits per heavy atom. The third-order valence-corrected chi connectivity index (χ3v) is 3.76. The highest BCUT2D eigenvalue weighted by Gasteiger charge is 2.37. The van der Waals surface area contributed by atoms with E-state index in [0.717, 1.165) is 0 Å². The number of guanidine groups is 1. The highest BCUT2D eigenvalue weighted by molar-refractivity contribution is 6.31. The smallest absolute Gasteiger partial charge is 0.322 e. The number of ether oxygens (including phenoxy) is 1. The van der Waals surface area contributed by atoms with Crippen LogP contribution in [0.1, 0.15) is 0 Å². The predicted octanol–water partition coefficient (Wildman–Crippen LogP) is 1.39. The Kier molecular flexibility index (Phi) is 4.41. The van der Waals surface area contributed by atoms with Gasteiger partial charge in [-0.1, -0.05) is 11.6 Å². The van der Waals surface area contributed by atoms with Gasteiger partial charge < -0.3 is 9.64 Å². The molecule has 1 aromatic heterocycles. The Labute approximate surface area is 149 Å². The molecular formula is C15H16ClN7O2. The van der Waals surface area contributed by atoms with E-state index in [1.807, 2.05) is 0 Å². The van der Waals surface area contributed by atoms with Crippen molar-refractivity contribution >= 4 is 41.1 Å². The number of carbonyl (C=O) groups excluding carboxylic acids is 1. The highest BCUT2D eigenvalue weighted by atomic mass is 35.5. The third kappa shape index (κ3) is 3.18. The molecule has 10 heteroatoms. The van der Waals surface area contributed by atoms with Gasteiger partial charge in [0.25, 0.3) is 5.91 Å². The molecule has 2 aromatic rings. The molecule has 0 aliphatic carbocycles. The summed E-state index contributed by atoms with van der Waals surface area (Å²) in [6, 6.07) is 6.79.